The largest absolute Gasteiger partial charge is 0.480 e. The van der Waals surface area contributed by atoms with Crippen LogP contribution in [0.4, 0.5) is 8.78 Å². The number of aromatic nitrogens is 1. The standard InChI is InChI=1S/C13H17F2N3O3/c14-11(15)8-18-3-1-2-10(18)13(21)17-6-4-16(5-7-17)9-12(19)20/h1-3,11H,4-9H2,(H,19,20). The van der Waals surface area contributed by atoms with Crippen LogP contribution in [0.15, 0.2) is 18.3 Å². The van der Waals surface area contributed by atoms with Crippen LogP contribution in [-0.2, 0) is 11.3 Å². The third kappa shape index (κ3) is 4.01. The minimum Gasteiger partial charge on any atom is -0.480 e. The number of carboxylic acids is 1. The van der Waals surface area contributed by atoms with Gasteiger partial charge in [-0.05, 0) is 12.1 Å². The van der Waals surface area contributed by atoms with Crippen LogP contribution in [0.5, 0.6) is 0 Å². The van der Waals surface area contributed by atoms with Crippen LogP contribution >= 0.6 is 0 Å². The fraction of sp³-hybridized carbons (Fsp3) is 0.538. The van der Waals surface area contributed by atoms with Gasteiger partial charge in [-0.3, -0.25) is 14.5 Å². The van der Waals surface area contributed by atoms with Crippen LogP contribution in [0, 0.1) is 0 Å². The second kappa shape index (κ2) is 6.66. The molecule has 0 radical (unpaired) electrons. The van der Waals surface area contributed by atoms with Crippen molar-refractivity contribution in [3.63, 3.8) is 0 Å². The van der Waals surface area contributed by atoms with Gasteiger partial charge in [0.2, 0.25) is 0 Å². The molecule has 2 heterocycles. The molecule has 1 saturated heterocycles. The van der Waals surface area contributed by atoms with Crippen molar-refractivity contribution in [3.8, 4) is 0 Å². The number of carboxylic acid groups (broad SMARTS) is 1. The second-order valence-electron chi connectivity index (χ2n) is 4.90. The lowest BCUT2D eigenvalue weighted by Gasteiger charge is -2.33. The highest BCUT2D eigenvalue weighted by Crippen LogP contribution is 2.12. The molecular formula is C13H17F2N3O3. The van der Waals surface area contributed by atoms with Crippen molar-refractivity contribution >= 4 is 11.9 Å². The van der Waals surface area contributed by atoms with Gasteiger partial charge in [0.05, 0.1) is 13.1 Å². The second-order valence-corrected chi connectivity index (χ2v) is 4.90. The molecule has 1 aromatic heterocycles. The summed E-state index contributed by atoms with van der Waals surface area (Å²) in [5, 5.41) is 8.71. The fourth-order valence-corrected chi connectivity index (χ4v) is 2.38. The Morgan fingerprint density at radius 1 is 1.24 bits per heavy atom. The van der Waals surface area contributed by atoms with Crippen molar-refractivity contribution in [2.45, 2.75) is 13.0 Å². The molecule has 116 valence electrons. The van der Waals surface area contributed by atoms with Crippen LogP contribution in [0.3, 0.4) is 0 Å². The Hall–Kier alpha value is -1.96. The SMILES string of the molecule is O=C(O)CN1CCN(C(=O)c2cccn2CC(F)F)CC1. The van der Waals surface area contributed by atoms with Gasteiger partial charge >= 0.3 is 5.97 Å². The molecule has 0 bridgehead atoms. The smallest absolute Gasteiger partial charge is 0.317 e. The topological polar surface area (TPSA) is 65.8 Å². The van der Waals surface area contributed by atoms with E-state index in [0.717, 1.165) is 0 Å². The number of nitrogens with zero attached hydrogens (tertiary/aromatic N) is 3. The summed E-state index contributed by atoms with van der Waals surface area (Å²) in [6.45, 7) is 1.16. The Kier molecular flexibility index (Phi) is 4.89. The maximum Gasteiger partial charge on any atom is 0.317 e. The molecule has 0 aromatic carbocycles. The number of rotatable bonds is 5. The Morgan fingerprint density at radius 3 is 2.48 bits per heavy atom. The highest BCUT2D eigenvalue weighted by Gasteiger charge is 2.25. The number of carbonyl (C=O) groups is 2. The van der Waals surface area contributed by atoms with Gasteiger partial charge in [-0.25, -0.2) is 8.78 Å². The quantitative estimate of drug-likeness (QED) is 0.865. The lowest BCUT2D eigenvalue weighted by Crippen LogP contribution is -2.50. The highest BCUT2D eigenvalue weighted by atomic mass is 19.3. The van der Waals surface area contributed by atoms with Crippen molar-refractivity contribution in [1.29, 1.82) is 0 Å². The van der Waals surface area contributed by atoms with E-state index in [4.69, 9.17) is 5.11 Å². The zero-order valence-electron chi connectivity index (χ0n) is 11.4. The van der Waals surface area contributed by atoms with Crippen LogP contribution in [-0.4, -0.2) is 70.5 Å². The van der Waals surface area contributed by atoms with E-state index >= 15 is 0 Å². The molecule has 1 aliphatic rings. The van der Waals surface area contributed by atoms with E-state index in [1.165, 1.54) is 16.8 Å². The number of hydrogen-bond donors (Lipinski definition) is 1. The monoisotopic (exact) mass is 301 g/mol. The lowest BCUT2D eigenvalue weighted by atomic mass is 10.2. The first-order valence-corrected chi connectivity index (χ1v) is 6.64. The Balaban J connectivity index is 1.96. The summed E-state index contributed by atoms with van der Waals surface area (Å²) in [5.74, 6) is -1.20. The van der Waals surface area contributed by atoms with Crippen molar-refractivity contribution in [3.05, 3.63) is 24.0 Å². The summed E-state index contributed by atoms with van der Waals surface area (Å²) >= 11 is 0. The minimum atomic E-state index is -2.52. The predicted octanol–water partition coefficient (Wildman–Crippen LogP) is 0.596. The number of amides is 1. The maximum atomic E-state index is 12.4. The van der Waals surface area contributed by atoms with Crippen molar-refractivity contribution in [2.75, 3.05) is 32.7 Å². The fourth-order valence-electron chi connectivity index (χ4n) is 2.38. The van der Waals surface area contributed by atoms with Gasteiger partial charge in [-0.1, -0.05) is 0 Å². The average molecular weight is 301 g/mol. The normalized spacial score (nSPS) is 16.4. The molecule has 0 saturated carbocycles. The molecule has 0 spiro atoms. The Bertz CT molecular complexity index is 511. The summed E-state index contributed by atoms with van der Waals surface area (Å²) in [4.78, 5) is 26.2. The van der Waals surface area contributed by atoms with Crippen LogP contribution < -0.4 is 0 Å². The molecule has 8 heteroatoms. The predicted molar refractivity (Wildman–Crippen MR) is 70.4 cm³/mol. The minimum absolute atomic E-state index is 0.0518. The summed E-state index contributed by atoms with van der Waals surface area (Å²) in [5.41, 5.74) is 0.238. The zero-order chi connectivity index (χ0) is 15.4. The first-order valence-electron chi connectivity index (χ1n) is 6.64. The van der Waals surface area contributed by atoms with Crippen LogP contribution in [0.1, 0.15) is 10.5 Å². The van der Waals surface area contributed by atoms with Gasteiger partial charge in [0.1, 0.15) is 5.69 Å². The molecule has 2 rings (SSSR count). The molecule has 21 heavy (non-hydrogen) atoms. The third-order valence-corrected chi connectivity index (χ3v) is 3.40. The number of aliphatic carboxylic acids is 1. The number of piperazine rings is 1. The van der Waals surface area contributed by atoms with E-state index < -0.39 is 18.9 Å². The molecule has 1 aromatic rings. The molecule has 1 aliphatic heterocycles. The Morgan fingerprint density at radius 2 is 1.90 bits per heavy atom. The van der Waals surface area contributed by atoms with E-state index in [1.807, 2.05) is 0 Å². The highest BCUT2D eigenvalue weighted by molar-refractivity contribution is 5.92. The van der Waals surface area contributed by atoms with E-state index in [2.05, 4.69) is 0 Å². The summed E-state index contributed by atoms with van der Waals surface area (Å²) in [6, 6.07) is 3.09. The number of carbonyl (C=O) groups excluding carboxylic acids is 1. The molecule has 0 atom stereocenters. The number of hydrogen-bond acceptors (Lipinski definition) is 3. The summed E-state index contributed by atoms with van der Waals surface area (Å²) < 4.78 is 26.1. The Labute approximate surface area is 120 Å². The van der Waals surface area contributed by atoms with E-state index in [1.54, 1.807) is 15.9 Å². The van der Waals surface area contributed by atoms with Gasteiger partial charge in [0, 0.05) is 32.4 Å². The maximum absolute atomic E-state index is 12.4. The average Bonchev–Trinajstić information content (AvgIpc) is 2.85. The van der Waals surface area contributed by atoms with Crippen molar-refractivity contribution in [1.82, 2.24) is 14.4 Å². The van der Waals surface area contributed by atoms with Crippen LogP contribution in [0.2, 0.25) is 0 Å². The molecule has 0 unspecified atom stereocenters. The summed E-state index contributed by atoms with van der Waals surface area (Å²) in [6.07, 6.45) is -1.06. The zero-order valence-corrected chi connectivity index (χ0v) is 11.4. The molecule has 0 aliphatic carbocycles. The van der Waals surface area contributed by atoms with Gasteiger partial charge in [-0.15, -0.1) is 0 Å². The van der Waals surface area contributed by atoms with Crippen molar-refractivity contribution in [2.24, 2.45) is 0 Å². The van der Waals surface area contributed by atoms with Gasteiger partial charge in [0.15, 0.2) is 0 Å². The van der Waals surface area contributed by atoms with E-state index in [9.17, 15) is 18.4 Å². The first-order chi connectivity index (χ1) is 9.97. The lowest BCUT2D eigenvalue weighted by molar-refractivity contribution is -0.138. The van der Waals surface area contributed by atoms with Crippen molar-refractivity contribution < 1.29 is 23.5 Å². The van der Waals surface area contributed by atoms with Crippen LogP contribution in [0.25, 0.3) is 0 Å². The molecular weight excluding hydrogens is 284 g/mol. The molecule has 1 N–H and O–H groups in total. The van der Waals surface area contributed by atoms with E-state index in [-0.39, 0.29) is 18.1 Å². The molecule has 1 fully saturated rings. The van der Waals surface area contributed by atoms with E-state index in [0.29, 0.717) is 26.2 Å². The number of halogens is 2. The summed E-state index contributed by atoms with van der Waals surface area (Å²) in [7, 11) is 0. The van der Waals surface area contributed by atoms with Gasteiger partial charge < -0.3 is 14.6 Å². The molecule has 6 nitrogen and oxygen atoms in total. The van der Waals surface area contributed by atoms with Gasteiger partial charge in [0.25, 0.3) is 12.3 Å². The first kappa shape index (κ1) is 15.4. The number of alkyl halides is 2. The molecule has 1 amide bonds. The third-order valence-electron chi connectivity index (χ3n) is 3.40. The van der Waals surface area contributed by atoms with Gasteiger partial charge in [-0.2, -0.15) is 0 Å².